The number of aromatic hydroxyl groups is 1. The van der Waals surface area contributed by atoms with E-state index < -0.39 is 107 Å². The second-order valence-electron chi connectivity index (χ2n) is 25.2. The van der Waals surface area contributed by atoms with Crippen molar-refractivity contribution in [2.45, 2.75) is 108 Å². The third-order valence-corrected chi connectivity index (χ3v) is 22.5. The highest BCUT2D eigenvalue weighted by atomic mass is 32.2. The number of aromatic nitrogens is 5. The molecule has 2 aromatic carbocycles. The van der Waals surface area contributed by atoms with Crippen molar-refractivity contribution in [2.24, 2.45) is 21.5 Å². The molecule has 1 aliphatic carbocycles. The van der Waals surface area contributed by atoms with Crippen LogP contribution < -0.4 is 43.4 Å². The van der Waals surface area contributed by atoms with Gasteiger partial charge in [0.25, 0.3) is 41.4 Å². The van der Waals surface area contributed by atoms with E-state index in [2.05, 4.69) is 61.6 Å². The molecule has 6 unspecified atom stereocenters. The maximum Gasteiger partial charge on any atom is 0.296 e. The van der Waals surface area contributed by atoms with Gasteiger partial charge in [-0.05, 0) is 87.3 Å². The Bertz CT molecular complexity index is 4980. The molecule has 4 aliphatic heterocycles. The van der Waals surface area contributed by atoms with Crippen LogP contribution in [0.25, 0.3) is 16.7 Å². The van der Waals surface area contributed by atoms with E-state index in [-0.39, 0.29) is 103 Å². The molecular weight excluding hydrogens is 1470 g/mol. The van der Waals surface area contributed by atoms with Crippen LogP contribution in [0.15, 0.2) is 146 Å². The van der Waals surface area contributed by atoms with Crippen molar-refractivity contribution in [3.8, 4) is 5.75 Å². The smallest absolute Gasteiger partial charge is 0.296 e. The molecule has 30 nitrogen and oxygen atoms in total. The van der Waals surface area contributed by atoms with Crippen LogP contribution >= 0.6 is 57.1 Å². The molecule has 9 heterocycles. The summed E-state index contributed by atoms with van der Waals surface area (Å²) in [4.78, 5) is 186. The van der Waals surface area contributed by atoms with Crippen LogP contribution in [0.4, 0.5) is 0 Å². The Morgan fingerprint density at radius 2 is 1.50 bits per heavy atom. The van der Waals surface area contributed by atoms with Gasteiger partial charge < -0.3 is 62.7 Å². The summed E-state index contributed by atoms with van der Waals surface area (Å²) in [5, 5.41) is 34.1. The molecule has 0 radical (unpaired) electrons. The molecule has 35 heteroatoms. The largest absolute Gasteiger partial charge is 0.508 e. The van der Waals surface area contributed by atoms with Gasteiger partial charge in [0.1, 0.15) is 72.8 Å². The van der Waals surface area contributed by atoms with E-state index >= 15 is 0 Å². The first-order valence-corrected chi connectivity index (χ1v) is 38.0. The summed E-state index contributed by atoms with van der Waals surface area (Å²) in [5.41, 5.74) is 12.9. The topological polar surface area (TPSA) is 441 Å². The lowest BCUT2D eigenvalue weighted by Crippen LogP contribution is -2.51. The lowest BCUT2D eigenvalue weighted by Gasteiger charge is -2.29. The highest BCUT2D eigenvalue weighted by Crippen LogP contribution is 2.40. The van der Waals surface area contributed by atoms with E-state index in [0.717, 1.165) is 16.9 Å². The Balaban J connectivity index is 0.881. The fourth-order valence-corrected chi connectivity index (χ4v) is 16.7. The zero-order chi connectivity index (χ0) is 75.9. The molecule has 0 spiro atoms. The second-order valence-corrected chi connectivity index (χ2v) is 29.8. The third-order valence-electron chi connectivity index (χ3n) is 17.8. The Kier molecular flexibility index (Phi) is 23.1. The molecule has 0 saturated carbocycles. The van der Waals surface area contributed by atoms with E-state index in [1.54, 1.807) is 52.2 Å². The quantitative estimate of drug-likeness (QED) is 0.0426. The first-order chi connectivity index (χ1) is 51.3. The van der Waals surface area contributed by atoms with Gasteiger partial charge in [-0.1, -0.05) is 74.4 Å². The number of likely N-dealkylation sites (tertiary alicyclic amines) is 1. The molecule has 5 aromatic heterocycles. The maximum atomic E-state index is 15.0. The Morgan fingerprint density at radius 3 is 2.26 bits per heavy atom. The Hall–Kier alpha value is -11.5. The van der Waals surface area contributed by atoms with Crippen LogP contribution in [0.2, 0.25) is 0 Å². The van der Waals surface area contributed by atoms with Crippen molar-refractivity contribution in [1.82, 2.24) is 66.6 Å². The van der Waals surface area contributed by atoms with E-state index in [9.17, 15) is 57.8 Å². The van der Waals surface area contributed by atoms with Gasteiger partial charge in [0.05, 0.1) is 45.6 Å². The molecule has 2 saturated heterocycles. The predicted octanol–water partition coefficient (Wildman–Crippen LogP) is 5.90. The number of fused-ring (bicyclic) bond motifs is 7. The number of hydrogen-bond donors (Lipinski definition) is 9. The minimum atomic E-state index is -1.08. The first-order valence-electron chi connectivity index (χ1n) is 33.5. The molecule has 2 fully saturated rings. The monoisotopic (exact) mass is 1540 g/mol. The number of primary amides is 2. The summed E-state index contributed by atoms with van der Waals surface area (Å²) >= 11 is 5.97. The van der Waals surface area contributed by atoms with E-state index in [4.69, 9.17) is 40.8 Å². The lowest BCUT2D eigenvalue weighted by molar-refractivity contribution is -0.137. The molecular formula is C72H69N17O13S5. The number of phenolic OH excluding ortho intramolecular Hbond substituents is 1. The highest BCUT2D eigenvalue weighted by Gasteiger charge is 2.41. The number of aliphatic imine (C=N–C) groups is 2. The zero-order valence-corrected chi connectivity index (χ0v) is 61.5. The summed E-state index contributed by atoms with van der Waals surface area (Å²) < 4.78 is 6.20. The summed E-state index contributed by atoms with van der Waals surface area (Å²) in [7, 11) is 0. The van der Waals surface area contributed by atoms with Gasteiger partial charge >= 0.3 is 0 Å². The molecule has 7 aromatic rings. The van der Waals surface area contributed by atoms with Gasteiger partial charge in [0, 0.05) is 70.8 Å². The summed E-state index contributed by atoms with van der Waals surface area (Å²) in [6.45, 7) is 14.0. The standard InChI is InChI=1S/C72H69N17O13S5/c1-34(57(73)91)75-59(93)36(3)77-61(95)50-31-104-67(84-50)44-23-20-41(66-87-56(38(5)102-66)72(101)88-24-10-16-53(88)65(99)78-37(4)60(94)76-35(2)58(74)92)14-9-15-43(44)48-29-105-69(83-48)46-28-55-79-49(30-103-55)62(96)80-45(26-39-12-7-6-8-13-39)68-85-51(32-106-68)64(98)82-47(27-40-18-21-42(90)22-19-40)71(100)89-25-11-17-54(89)70-86-52(33-107-70)63(97)81-46/h6-8,12-14,18-23,29-31,33-34,46-47,51,53-54,90H,2-4,9-11,15-17,24-28,32H2,1,5H3,(H2,73,91)(H2,74,92)(H,75,93)(H,76,94)(H,77,95)(H,78,99)(H,81,97)(H,82,98). The van der Waals surface area contributed by atoms with Gasteiger partial charge in [-0.25, -0.2) is 29.9 Å². The van der Waals surface area contributed by atoms with E-state index in [1.807, 2.05) is 36.4 Å². The average molecular weight is 1540 g/mol. The third kappa shape index (κ3) is 17.6. The SMILES string of the molecule is C=C(NC(=O)C(=C)NC(=O)C1CCCN1C(=O)c1nc(C2=CCCC(c3csc(C4Cc5nc(cs5)C(=O)N=C(Cc5ccccc5)C5=NC(CS5)C(=O)NC(Cc5ccc(O)cc5)C(=O)N5CCCC5c5nc(cs5)C(=O)N4)n3)=C(c3nc(C(=O)NC(=C)C(=O)NC(C)C(N)=O)cs3)C=C2)oc1C)C(N)=O. The Labute approximate surface area is 630 Å². The summed E-state index contributed by atoms with van der Waals surface area (Å²) in [6.07, 6.45) is 7.85. The first kappa shape index (κ1) is 75.2. The molecule has 550 valence electrons. The number of hydrogen-bond acceptors (Lipinski definition) is 24. The van der Waals surface area contributed by atoms with Crippen molar-refractivity contribution in [1.29, 1.82) is 0 Å². The van der Waals surface area contributed by atoms with Gasteiger partial charge in [0.2, 0.25) is 29.5 Å². The number of carbonyl (C=O) groups excluding carboxylic acids is 11. The minimum absolute atomic E-state index is 0.0126. The van der Waals surface area contributed by atoms with Crippen molar-refractivity contribution in [3.05, 3.63) is 202 Å². The van der Waals surface area contributed by atoms with Gasteiger partial charge in [-0.3, -0.25) is 57.7 Å². The zero-order valence-electron chi connectivity index (χ0n) is 57.4. The van der Waals surface area contributed by atoms with Crippen LogP contribution in [-0.4, -0.2) is 159 Å². The predicted molar refractivity (Wildman–Crippen MR) is 401 cm³/mol. The van der Waals surface area contributed by atoms with Crippen LogP contribution in [0.3, 0.4) is 0 Å². The number of nitrogens with one attached hydrogen (secondary N) is 6. The van der Waals surface area contributed by atoms with Crippen LogP contribution in [0.1, 0.15) is 148 Å². The van der Waals surface area contributed by atoms with E-state index in [0.29, 0.717) is 84.6 Å². The van der Waals surface area contributed by atoms with Gasteiger partial charge in [-0.15, -0.1) is 57.1 Å². The fraction of sp³-hybridized carbons (Fsp3) is 0.278. The Morgan fingerprint density at radius 1 is 0.766 bits per heavy atom. The van der Waals surface area contributed by atoms with Crippen LogP contribution in [0, 0.1) is 6.92 Å². The number of thioether (sulfide) groups is 1. The molecule has 107 heavy (non-hydrogen) atoms. The molecule has 12 rings (SSSR count). The number of rotatable bonds is 19. The number of benzene rings is 2. The van der Waals surface area contributed by atoms with Crippen LogP contribution in [-0.2, 0) is 52.8 Å². The molecule has 11 amide bonds. The number of carbonyl (C=O) groups is 11. The lowest BCUT2D eigenvalue weighted by atomic mass is 9.96. The number of thiazole rings is 4. The molecule has 5 aliphatic rings. The molecule has 11 N–H and O–H groups in total. The fourth-order valence-electron chi connectivity index (χ4n) is 12.1. The minimum Gasteiger partial charge on any atom is -0.508 e. The normalized spacial score (nSPS) is 19.4. The van der Waals surface area contributed by atoms with Crippen molar-refractivity contribution in [2.75, 3.05) is 18.8 Å². The molecule has 6 bridgehead atoms. The maximum absolute atomic E-state index is 15.0. The van der Waals surface area contributed by atoms with Crippen molar-refractivity contribution >= 4 is 150 Å². The number of nitrogens with two attached hydrogens (primary N) is 2. The highest BCUT2D eigenvalue weighted by molar-refractivity contribution is 8.16. The second kappa shape index (κ2) is 32.9. The number of amides is 11. The van der Waals surface area contributed by atoms with Gasteiger partial charge in [0.15, 0.2) is 5.69 Å². The number of allylic oxidation sites excluding steroid dienone is 6. The van der Waals surface area contributed by atoms with Crippen molar-refractivity contribution < 1.29 is 62.3 Å². The van der Waals surface area contributed by atoms with Gasteiger partial charge in [-0.2, -0.15) is 0 Å². The van der Waals surface area contributed by atoms with E-state index in [1.165, 1.54) is 75.1 Å². The number of nitrogens with zero attached hydrogens (tertiary/aromatic N) is 9. The number of oxazole rings is 1. The summed E-state index contributed by atoms with van der Waals surface area (Å²) in [5.74, 6) is -7.50. The summed E-state index contributed by atoms with van der Waals surface area (Å²) in [6, 6.07) is 10.1. The average Bonchev–Trinajstić information content (AvgIpc) is 1.67. The van der Waals surface area contributed by atoms with Crippen molar-refractivity contribution in [3.63, 3.8) is 0 Å². The van der Waals surface area contributed by atoms with Crippen LogP contribution in [0.5, 0.6) is 5.75 Å². The molecule has 6 atom stereocenters. The number of aryl methyl sites for hydroxylation is 1. The number of phenols is 1.